The van der Waals surface area contributed by atoms with Crippen molar-refractivity contribution in [2.75, 3.05) is 26.1 Å². The Balaban J connectivity index is 2.13. The molecule has 0 aliphatic carbocycles. The summed E-state index contributed by atoms with van der Waals surface area (Å²) in [6, 6.07) is 16.0. The van der Waals surface area contributed by atoms with Crippen LogP contribution in [0.2, 0.25) is 0 Å². The van der Waals surface area contributed by atoms with Crippen molar-refractivity contribution in [3.05, 3.63) is 59.8 Å². The molecule has 4 heteroatoms. The number of hydrogen-bond acceptors (Lipinski definition) is 3. The molecule has 3 aromatic rings. The lowest BCUT2D eigenvalue weighted by atomic mass is 10.0. The van der Waals surface area contributed by atoms with Gasteiger partial charge in [-0.25, -0.2) is 0 Å². The average molecular weight is 310 g/mol. The highest BCUT2D eigenvalue weighted by Gasteiger charge is 2.20. The van der Waals surface area contributed by atoms with Crippen LogP contribution in [0.5, 0.6) is 5.75 Å². The van der Waals surface area contributed by atoms with Gasteiger partial charge in [-0.1, -0.05) is 18.2 Å². The van der Waals surface area contributed by atoms with E-state index in [-0.39, 0.29) is 0 Å². The summed E-state index contributed by atoms with van der Waals surface area (Å²) in [6.45, 7) is 0. The number of anilines is 1. The molecule has 0 saturated carbocycles. The zero-order chi connectivity index (χ0) is 16.6. The summed E-state index contributed by atoms with van der Waals surface area (Å²) in [6.07, 6.45) is -0.748. The lowest BCUT2D eigenvalue weighted by Gasteiger charge is -2.20. The van der Waals surface area contributed by atoms with Gasteiger partial charge in [0, 0.05) is 37.9 Å². The second-order valence-corrected chi connectivity index (χ2v) is 5.91. The van der Waals surface area contributed by atoms with Crippen LogP contribution in [-0.4, -0.2) is 30.9 Å². The normalized spacial score (nSPS) is 12.4. The predicted molar refractivity (Wildman–Crippen MR) is 94.3 cm³/mol. The van der Waals surface area contributed by atoms with Crippen molar-refractivity contribution in [1.29, 1.82) is 0 Å². The molecule has 0 saturated heterocycles. The van der Waals surface area contributed by atoms with Gasteiger partial charge in [-0.15, -0.1) is 0 Å². The van der Waals surface area contributed by atoms with Crippen molar-refractivity contribution in [3.8, 4) is 5.75 Å². The van der Waals surface area contributed by atoms with Crippen LogP contribution in [0, 0.1) is 0 Å². The van der Waals surface area contributed by atoms with Crippen LogP contribution >= 0.6 is 0 Å². The Morgan fingerprint density at radius 1 is 1.09 bits per heavy atom. The van der Waals surface area contributed by atoms with E-state index in [1.165, 1.54) is 0 Å². The van der Waals surface area contributed by atoms with Gasteiger partial charge in [-0.3, -0.25) is 0 Å². The molecule has 0 spiro atoms. The molecule has 3 rings (SSSR count). The fourth-order valence-corrected chi connectivity index (χ4v) is 2.95. The van der Waals surface area contributed by atoms with Crippen molar-refractivity contribution in [2.45, 2.75) is 6.10 Å². The SMILES string of the molecule is COc1ccc(N(C)C)cc1C(O)c1cc2ccccc2n1C. The van der Waals surface area contributed by atoms with Crippen LogP contribution in [0.4, 0.5) is 5.69 Å². The van der Waals surface area contributed by atoms with Crippen LogP contribution < -0.4 is 9.64 Å². The monoisotopic (exact) mass is 310 g/mol. The highest BCUT2D eigenvalue weighted by atomic mass is 16.5. The molecular weight excluding hydrogens is 288 g/mol. The van der Waals surface area contributed by atoms with Gasteiger partial charge in [0.1, 0.15) is 11.9 Å². The summed E-state index contributed by atoms with van der Waals surface area (Å²) in [4.78, 5) is 2.01. The molecule has 1 atom stereocenters. The van der Waals surface area contributed by atoms with E-state index in [1.54, 1.807) is 7.11 Å². The quantitative estimate of drug-likeness (QED) is 0.803. The van der Waals surface area contributed by atoms with E-state index in [9.17, 15) is 5.11 Å². The first-order valence-electron chi connectivity index (χ1n) is 7.60. The summed E-state index contributed by atoms with van der Waals surface area (Å²) in [5.41, 5.74) is 3.74. The molecule has 0 fully saturated rings. The lowest BCUT2D eigenvalue weighted by Crippen LogP contribution is -2.11. The molecule has 4 nitrogen and oxygen atoms in total. The van der Waals surface area contributed by atoms with Gasteiger partial charge in [-0.05, 0) is 35.7 Å². The Morgan fingerprint density at radius 3 is 2.48 bits per heavy atom. The number of aliphatic hydroxyl groups is 1. The van der Waals surface area contributed by atoms with Crippen LogP contribution in [-0.2, 0) is 7.05 Å². The van der Waals surface area contributed by atoms with E-state index in [0.29, 0.717) is 5.75 Å². The second-order valence-electron chi connectivity index (χ2n) is 5.91. The molecule has 1 aromatic heterocycles. The molecule has 1 N–H and O–H groups in total. The van der Waals surface area contributed by atoms with Gasteiger partial charge >= 0.3 is 0 Å². The van der Waals surface area contributed by atoms with Gasteiger partial charge in [0.15, 0.2) is 0 Å². The third-order valence-corrected chi connectivity index (χ3v) is 4.29. The van der Waals surface area contributed by atoms with Gasteiger partial charge < -0.3 is 19.3 Å². The number of fused-ring (bicyclic) bond motifs is 1. The molecule has 0 aliphatic heterocycles. The Kier molecular flexibility index (Phi) is 4.01. The number of para-hydroxylation sites is 1. The number of aryl methyl sites for hydroxylation is 1. The van der Waals surface area contributed by atoms with Crippen molar-refractivity contribution in [1.82, 2.24) is 4.57 Å². The van der Waals surface area contributed by atoms with Crippen LogP contribution in [0.15, 0.2) is 48.5 Å². The highest BCUT2D eigenvalue weighted by Crippen LogP contribution is 2.34. The molecule has 0 bridgehead atoms. The third kappa shape index (κ3) is 2.66. The van der Waals surface area contributed by atoms with Crippen LogP contribution in [0.1, 0.15) is 17.4 Å². The number of ether oxygens (including phenoxy) is 1. The van der Waals surface area contributed by atoms with Crippen molar-refractivity contribution >= 4 is 16.6 Å². The summed E-state index contributed by atoms with van der Waals surface area (Å²) in [7, 11) is 7.56. The van der Waals surface area contributed by atoms with Gasteiger partial charge in [0.05, 0.1) is 12.8 Å². The maximum atomic E-state index is 11.0. The zero-order valence-corrected chi connectivity index (χ0v) is 13.9. The average Bonchev–Trinajstić information content (AvgIpc) is 2.91. The minimum atomic E-state index is -0.748. The van der Waals surface area contributed by atoms with E-state index >= 15 is 0 Å². The Morgan fingerprint density at radius 2 is 1.83 bits per heavy atom. The van der Waals surface area contributed by atoms with E-state index in [2.05, 4.69) is 12.1 Å². The van der Waals surface area contributed by atoms with Gasteiger partial charge in [-0.2, -0.15) is 0 Å². The van der Waals surface area contributed by atoms with Gasteiger partial charge in [0.25, 0.3) is 0 Å². The number of hydrogen-bond donors (Lipinski definition) is 1. The van der Waals surface area contributed by atoms with Crippen LogP contribution in [0.3, 0.4) is 0 Å². The standard InChI is InChI=1S/C19H22N2O2/c1-20(2)14-9-10-18(23-4)15(12-14)19(22)17-11-13-7-5-6-8-16(13)21(17)3/h5-12,19,22H,1-4H3. The van der Waals surface area contributed by atoms with E-state index in [0.717, 1.165) is 27.8 Å². The zero-order valence-electron chi connectivity index (χ0n) is 13.9. The van der Waals surface area contributed by atoms with Crippen molar-refractivity contribution in [3.63, 3.8) is 0 Å². The number of rotatable bonds is 4. The van der Waals surface area contributed by atoms with E-state index in [4.69, 9.17) is 4.74 Å². The number of benzene rings is 2. The first-order valence-corrected chi connectivity index (χ1v) is 7.60. The highest BCUT2D eigenvalue weighted by molar-refractivity contribution is 5.81. The molecular formula is C19H22N2O2. The molecule has 1 heterocycles. The number of nitrogens with zero attached hydrogens (tertiary/aromatic N) is 2. The summed E-state index contributed by atoms with van der Waals surface area (Å²) < 4.78 is 7.48. The minimum absolute atomic E-state index is 0.688. The number of aromatic nitrogens is 1. The fraction of sp³-hybridized carbons (Fsp3) is 0.263. The molecule has 0 radical (unpaired) electrons. The first kappa shape index (κ1) is 15.4. The topological polar surface area (TPSA) is 37.6 Å². The molecule has 1 unspecified atom stereocenters. The molecule has 120 valence electrons. The Labute approximate surface area is 136 Å². The Bertz CT molecular complexity index is 837. The minimum Gasteiger partial charge on any atom is -0.496 e. The molecule has 0 amide bonds. The van der Waals surface area contributed by atoms with E-state index in [1.807, 2.05) is 67.0 Å². The third-order valence-electron chi connectivity index (χ3n) is 4.29. The van der Waals surface area contributed by atoms with Gasteiger partial charge in [0.2, 0.25) is 0 Å². The Hall–Kier alpha value is -2.46. The maximum Gasteiger partial charge on any atom is 0.125 e. The van der Waals surface area contributed by atoms with Crippen molar-refractivity contribution in [2.24, 2.45) is 7.05 Å². The van der Waals surface area contributed by atoms with Crippen LogP contribution in [0.25, 0.3) is 10.9 Å². The summed E-state index contributed by atoms with van der Waals surface area (Å²) in [5.74, 6) is 0.688. The maximum absolute atomic E-state index is 11.0. The first-order chi connectivity index (χ1) is 11.0. The molecule has 2 aromatic carbocycles. The summed E-state index contributed by atoms with van der Waals surface area (Å²) in [5, 5.41) is 12.1. The van der Waals surface area contributed by atoms with E-state index < -0.39 is 6.10 Å². The summed E-state index contributed by atoms with van der Waals surface area (Å²) >= 11 is 0. The lowest BCUT2D eigenvalue weighted by molar-refractivity contribution is 0.207. The largest absolute Gasteiger partial charge is 0.496 e. The number of methoxy groups -OCH3 is 1. The predicted octanol–water partition coefficient (Wildman–Crippen LogP) is 3.33. The molecule has 23 heavy (non-hydrogen) atoms. The smallest absolute Gasteiger partial charge is 0.125 e. The second kappa shape index (κ2) is 5.97. The number of aliphatic hydroxyl groups excluding tert-OH is 1. The molecule has 0 aliphatic rings. The fourth-order valence-electron chi connectivity index (χ4n) is 2.95. The van der Waals surface area contributed by atoms with Crippen molar-refractivity contribution < 1.29 is 9.84 Å².